The molecule has 0 aliphatic carbocycles. The Morgan fingerprint density at radius 3 is 2.57 bits per heavy atom. The van der Waals surface area contributed by atoms with Crippen LogP contribution in [-0.4, -0.2) is 77.1 Å². The molecule has 0 aromatic rings. The van der Waals surface area contributed by atoms with E-state index in [9.17, 15) is 14.7 Å². The lowest BCUT2D eigenvalue weighted by Crippen LogP contribution is -2.57. The molecule has 3 atom stereocenters. The molecule has 6 nitrogen and oxygen atoms in total. The average Bonchev–Trinajstić information content (AvgIpc) is 2.96. The number of hydrogen-bond acceptors (Lipinski definition) is 3. The van der Waals surface area contributed by atoms with E-state index < -0.39 is 12.0 Å². The normalized spacial score (nSPS) is 33.9. The zero-order valence-corrected chi connectivity index (χ0v) is 12.7. The number of carboxylic acid groups (broad SMARTS) is 1. The van der Waals surface area contributed by atoms with Crippen molar-refractivity contribution in [3.05, 3.63) is 0 Å². The van der Waals surface area contributed by atoms with Crippen LogP contribution >= 0.6 is 0 Å². The molecular weight excluding hydrogens is 270 g/mol. The van der Waals surface area contributed by atoms with Gasteiger partial charge >= 0.3 is 12.0 Å². The number of fused-ring (bicyclic) bond motifs is 1. The first-order valence-electron chi connectivity index (χ1n) is 8.06. The molecule has 0 spiro atoms. The third-order valence-corrected chi connectivity index (χ3v) is 5.40. The standard InChI is InChI=1S/C15H25N3O3/c1-16-7-2-4-11-10-17(9-6-12(11)16)15(21)18-8-3-5-13(18)14(19)20/h11-13H,2-10H2,1H3,(H,19,20)/t11?,12?,13-/m0/s1. The molecule has 3 fully saturated rings. The molecule has 0 saturated carbocycles. The molecule has 3 rings (SSSR count). The molecule has 3 saturated heterocycles. The quantitative estimate of drug-likeness (QED) is 0.786. The minimum absolute atomic E-state index is 0.0634. The number of hydrogen-bond donors (Lipinski definition) is 1. The molecule has 3 aliphatic heterocycles. The number of piperidine rings is 2. The van der Waals surface area contributed by atoms with Crippen molar-refractivity contribution in [3.63, 3.8) is 0 Å². The van der Waals surface area contributed by atoms with Crippen LogP contribution in [0.15, 0.2) is 0 Å². The highest BCUT2D eigenvalue weighted by Crippen LogP contribution is 2.30. The van der Waals surface area contributed by atoms with Gasteiger partial charge < -0.3 is 19.8 Å². The summed E-state index contributed by atoms with van der Waals surface area (Å²) in [7, 11) is 2.18. The van der Waals surface area contributed by atoms with Crippen molar-refractivity contribution in [3.8, 4) is 0 Å². The van der Waals surface area contributed by atoms with Crippen molar-refractivity contribution in [2.75, 3.05) is 33.2 Å². The highest BCUT2D eigenvalue weighted by molar-refractivity contribution is 5.83. The predicted octanol–water partition coefficient (Wildman–Crippen LogP) is 1.07. The van der Waals surface area contributed by atoms with Crippen molar-refractivity contribution < 1.29 is 14.7 Å². The van der Waals surface area contributed by atoms with Crippen LogP contribution in [0.3, 0.4) is 0 Å². The summed E-state index contributed by atoms with van der Waals surface area (Å²) in [5.74, 6) is -0.319. The van der Waals surface area contributed by atoms with Crippen LogP contribution in [0.4, 0.5) is 4.79 Å². The third-order valence-electron chi connectivity index (χ3n) is 5.40. The summed E-state index contributed by atoms with van der Waals surface area (Å²) in [4.78, 5) is 29.8. The van der Waals surface area contributed by atoms with Crippen LogP contribution in [0.2, 0.25) is 0 Å². The van der Waals surface area contributed by atoms with Crippen LogP contribution < -0.4 is 0 Å². The lowest BCUT2D eigenvalue weighted by molar-refractivity contribution is -0.141. The fourth-order valence-electron chi connectivity index (χ4n) is 4.26. The molecule has 2 unspecified atom stereocenters. The predicted molar refractivity (Wildman–Crippen MR) is 78.1 cm³/mol. The van der Waals surface area contributed by atoms with Gasteiger partial charge in [-0.3, -0.25) is 0 Å². The molecule has 0 bridgehead atoms. The Kier molecular flexibility index (Phi) is 4.06. The van der Waals surface area contributed by atoms with E-state index in [1.807, 2.05) is 4.90 Å². The minimum Gasteiger partial charge on any atom is -0.480 e. The Morgan fingerprint density at radius 1 is 1.05 bits per heavy atom. The smallest absolute Gasteiger partial charge is 0.326 e. The van der Waals surface area contributed by atoms with Gasteiger partial charge in [-0.1, -0.05) is 0 Å². The Bertz CT molecular complexity index is 428. The number of urea groups is 1. The van der Waals surface area contributed by atoms with E-state index in [2.05, 4.69) is 11.9 Å². The maximum Gasteiger partial charge on any atom is 0.326 e. The first kappa shape index (κ1) is 14.6. The minimum atomic E-state index is -0.867. The largest absolute Gasteiger partial charge is 0.480 e. The molecule has 118 valence electrons. The van der Waals surface area contributed by atoms with Crippen LogP contribution in [0.1, 0.15) is 32.1 Å². The molecule has 6 heteroatoms. The Hall–Kier alpha value is -1.30. The van der Waals surface area contributed by atoms with Crippen LogP contribution in [0.25, 0.3) is 0 Å². The lowest BCUT2D eigenvalue weighted by Gasteiger charge is -2.46. The summed E-state index contributed by atoms with van der Waals surface area (Å²) in [6.07, 6.45) is 4.77. The van der Waals surface area contributed by atoms with Crippen molar-refractivity contribution in [1.29, 1.82) is 0 Å². The highest BCUT2D eigenvalue weighted by atomic mass is 16.4. The molecule has 1 N–H and O–H groups in total. The molecule has 2 amide bonds. The maximum atomic E-state index is 12.6. The fraction of sp³-hybridized carbons (Fsp3) is 0.867. The SMILES string of the molecule is CN1CCCC2CN(C(=O)N3CCC[C@H]3C(=O)O)CCC21. The first-order valence-corrected chi connectivity index (χ1v) is 8.06. The zero-order valence-electron chi connectivity index (χ0n) is 12.7. The van der Waals surface area contributed by atoms with E-state index in [0.717, 1.165) is 32.5 Å². The van der Waals surface area contributed by atoms with Crippen LogP contribution in [0, 0.1) is 5.92 Å². The molecule has 21 heavy (non-hydrogen) atoms. The van der Waals surface area contributed by atoms with Gasteiger partial charge in [0, 0.05) is 25.7 Å². The van der Waals surface area contributed by atoms with E-state index in [0.29, 0.717) is 24.9 Å². The molecular formula is C15H25N3O3. The molecule has 0 aromatic carbocycles. The van der Waals surface area contributed by atoms with Gasteiger partial charge in [0.05, 0.1) is 0 Å². The topological polar surface area (TPSA) is 64.1 Å². The second-order valence-corrected chi connectivity index (χ2v) is 6.66. The number of aliphatic carboxylic acids is 1. The van der Waals surface area contributed by atoms with E-state index >= 15 is 0 Å². The molecule has 3 aliphatic rings. The summed E-state index contributed by atoms with van der Waals surface area (Å²) in [6, 6.07) is -0.0903. The van der Waals surface area contributed by atoms with Crippen LogP contribution in [-0.2, 0) is 4.79 Å². The summed E-state index contributed by atoms with van der Waals surface area (Å²) in [5, 5.41) is 9.23. The van der Waals surface area contributed by atoms with E-state index in [4.69, 9.17) is 0 Å². The zero-order chi connectivity index (χ0) is 15.0. The molecule has 0 aromatic heterocycles. The van der Waals surface area contributed by atoms with E-state index in [1.54, 1.807) is 4.90 Å². The first-order chi connectivity index (χ1) is 10.1. The summed E-state index contributed by atoms with van der Waals surface area (Å²) >= 11 is 0. The number of rotatable bonds is 1. The number of amides is 2. The van der Waals surface area contributed by atoms with Gasteiger partial charge in [0.1, 0.15) is 6.04 Å². The third kappa shape index (κ3) is 2.73. The van der Waals surface area contributed by atoms with Gasteiger partial charge in [0.25, 0.3) is 0 Å². The fourth-order valence-corrected chi connectivity index (χ4v) is 4.26. The van der Waals surface area contributed by atoms with Crippen molar-refractivity contribution in [2.24, 2.45) is 5.92 Å². The van der Waals surface area contributed by atoms with E-state index in [1.165, 1.54) is 12.8 Å². The molecule has 3 heterocycles. The second kappa shape index (κ2) is 5.83. The summed E-state index contributed by atoms with van der Waals surface area (Å²) in [5.41, 5.74) is 0. The average molecular weight is 295 g/mol. The Balaban J connectivity index is 1.65. The van der Waals surface area contributed by atoms with Gasteiger partial charge in [0.15, 0.2) is 0 Å². The van der Waals surface area contributed by atoms with Crippen molar-refractivity contribution in [2.45, 2.75) is 44.2 Å². The van der Waals surface area contributed by atoms with Gasteiger partial charge in [-0.2, -0.15) is 0 Å². The monoisotopic (exact) mass is 295 g/mol. The number of carbonyl (C=O) groups excluding carboxylic acids is 1. The highest BCUT2D eigenvalue weighted by Gasteiger charge is 2.40. The van der Waals surface area contributed by atoms with Crippen molar-refractivity contribution in [1.82, 2.24) is 14.7 Å². The van der Waals surface area contributed by atoms with Gasteiger partial charge in [-0.25, -0.2) is 9.59 Å². The van der Waals surface area contributed by atoms with E-state index in [-0.39, 0.29) is 6.03 Å². The summed E-state index contributed by atoms with van der Waals surface area (Å²) in [6.45, 7) is 3.28. The van der Waals surface area contributed by atoms with Gasteiger partial charge in [-0.15, -0.1) is 0 Å². The lowest BCUT2D eigenvalue weighted by atomic mass is 9.84. The number of likely N-dealkylation sites (tertiary alicyclic amines) is 3. The number of nitrogens with zero attached hydrogens (tertiary/aromatic N) is 3. The number of carbonyl (C=O) groups is 2. The molecule has 0 radical (unpaired) electrons. The van der Waals surface area contributed by atoms with Crippen molar-refractivity contribution >= 4 is 12.0 Å². The maximum absolute atomic E-state index is 12.6. The summed E-state index contributed by atoms with van der Waals surface area (Å²) < 4.78 is 0. The van der Waals surface area contributed by atoms with Gasteiger partial charge in [-0.05, 0) is 51.6 Å². The second-order valence-electron chi connectivity index (χ2n) is 6.66. The van der Waals surface area contributed by atoms with Crippen LogP contribution in [0.5, 0.6) is 0 Å². The Labute approximate surface area is 125 Å². The number of carboxylic acids is 1. The Morgan fingerprint density at radius 2 is 1.81 bits per heavy atom. The van der Waals surface area contributed by atoms with Gasteiger partial charge in [0.2, 0.25) is 0 Å².